The molecule has 0 aromatic carbocycles. The fourth-order valence-electron chi connectivity index (χ4n) is 1.86. The average Bonchev–Trinajstić information content (AvgIpc) is 2.76. The van der Waals surface area contributed by atoms with Gasteiger partial charge in [0.05, 0.1) is 12.2 Å². The highest BCUT2D eigenvalue weighted by Gasteiger charge is 2.20. The molecule has 2 heterocycles. The summed E-state index contributed by atoms with van der Waals surface area (Å²) >= 11 is 1.76. The van der Waals surface area contributed by atoms with Crippen LogP contribution in [0.4, 0.5) is 0 Å². The molecule has 0 amide bonds. The van der Waals surface area contributed by atoms with E-state index in [1.165, 1.54) is 22.7 Å². The van der Waals surface area contributed by atoms with Gasteiger partial charge < -0.3 is 10.1 Å². The van der Waals surface area contributed by atoms with Gasteiger partial charge in [0.1, 0.15) is 5.01 Å². The van der Waals surface area contributed by atoms with E-state index < -0.39 is 0 Å². The Kier molecular flexibility index (Phi) is 3.72. The van der Waals surface area contributed by atoms with Crippen LogP contribution in [0.3, 0.4) is 0 Å². The van der Waals surface area contributed by atoms with E-state index in [1.807, 2.05) is 6.20 Å². The van der Waals surface area contributed by atoms with Gasteiger partial charge >= 0.3 is 0 Å². The number of aromatic nitrogens is 1. The molecule has 4 heteroatoms. The van der Waals surface area contributed by atoms with Gasteiger partial charge in [-0.3, -0.25) is 0 Å². The van der Waals surface area contributed by atoms with Gasteiger partial charge in [0.15, 0.2) is 0 Å². The summed E-state index contributed by atoms with van der Waals surface area (Å²) in [6.45, 7) is 6.04. The monoisotopic (exact) mass is 226 g/mol. The lowest BCUT2D eigenvalue weighted by atomic mass is 10.2. The van der Waals surface area contributed by atoms with Crippen molar-refractivity contribution < 1.29 is 4.74 Å². The van der Waals surface area contributed by atoms with Crippen molar-refractivity contribution in [3.8, 4) is 0 Å². The normalized spacial score (nSPS) is 26.0. The first-order valence-electron chi connectivity index (χ1n) is 5.51. The second kappa shape index (κ2) is 5.05. The Morgan fingerprint density at radius 1 is 1.60 bits per heavy atom. The standard InChI is InChI=1S/C11H18N2OS/c1-8-3-4-10(14-8)6-12-7-11-13-5-9(2)15-11/h5,8,10,12H,3-4,6-7H2,1-2H3. The number of nitrogens with one attached hydrogen (secondary N) is 1. The lowest BCUT2D eigenvalue weighted by molar-refractivity contribution is 0.0559. The highest BCUT2D eigenvalue weighted by Crippen LogP contribution is 2.18. The van der Waals surface area contributed by atoms with E-state index >= 15 is 0 Å². The van der Waals surface area contributed by atoms with Gasteiger partial charge in [-0.05, 0) is 26.7 Å². The largest absolute Gasteiger partial charge is 0.374 e. The molecule has 1 saturated heterocycles. The first-order valence-corrected chi connectivity index (χ1v) is 6.33. The summed E-state index contributed by atoms with van der Waals surface area (Å²) in [5.41, 5.74) is 0. The summed E-state index contributed by atoms with van der Waals surface area (Å²) < 4.78 is 5.72. The Balaban J connectivity index is 1.67. The molecule has 0 bridgehead atoms. The highest BCUT2D eigenvalue weighted by atomic mass is 32.1. The summed E-state index contributed by atoms with van der Waals surface area (Å²) in [5.74, 6) is 0. The molecule has 3 nitrogen and oxygen atoms in total. The van der Waals surface area contributed by atoms with Crippen molar-refractivity contribution >= 4 is 11.3 Å². The van der Waals surface area contributed by atoms with Crippen molar-refractivity contribution in [3.05, 3.63) is 16.1 Å². The van der Waals surface area contributed by atoms with Crippen molar-refractivity contribution in [2.24, 2.45) is 0 Å². The molecule has 1 aromatic rings. The molecule has 1 aliphatic heterocycles. The van der Waals surface area contributed by atoms with Crippen LogP contribution in [0.25, 0.3) is 0 Å². The Bertz CT molecular complexity index is 313. The maximum atomic E-state index is 5.72. The molecule has 15 heavy (non-hydrogen) atoms. The summed E-state index contributed by atoms with van der Waals surface area (Å²) in [7, 11) is 0. The molecule has 1 fully saturated rings. The van der Waals surface area contributed by atoms with Crippen molar-refractivity contribution in [2.45, 2.75) is 45.4 Å². The first-order chi connectivity index (χ1) is 7.24. The minimum atomic E-state index is 0.404. The van der Waals surface area contributed by atoms with Crippen LogP contribution >= 0.6 is 11.3 Å². The van der Waals surface area contributed by atoms with Gasteiger partial charge in [0, 0.05) is 24.2 Å². The molecule has 1 N–H and O–H groups in total. The molecule has 0 spiro atoms. The van der Waals surface area contributed by atoms with E-state index in [0.717, 1.165) is 13.1 Å². The average molecular weight is 226 g/mol. The van der Waals surface area contributed by atoms with E-state index in [1.54, 1.807) is 11.3 Å². The minimum Gasteiger partial charge on any atom is -0.374 e. The summed E-state index contributed by atoms with van der Waals surface area (Å²) in [6.07, 6.45) is 5.16. The van der Waals surface area contributed by atoms with E-state index in [0.29, 0.717) is 12.2 Å². The third kappa shape index (κ3) is 3.26. The third-order valence-electron chi connectivity index (χ3n) is 2.64. The zero-order valence-electron chi connectivity index (χ0n) is 9.32. The maximum Gasteiger partial charge on any atom is 0.107 e. The summed E-state index contributed by atoms with van der Waals surface area (Å²) in [5, 5.41) is 4.57. The molecule has 84 valence electrons. The zero-order chi connectivity index (χ0) is 10.7. The molecule has 1 aliphatic rings. The van der Waals surface area contributed by atoms with E-state index in [-0.39, 0.29) is 0 Å². The number of nitrogens with zero attached hydrogens (tertiary/aromatic N) is 1. The Morgan fingerprint density at radius 3 is 3.07 bits per heavy atom. The Labute approximate surface area is 94.9 Å². The summed E-state index contributed by atoms with van der Waals surface area (Å²) in [6, 6.07) is 0. The van der Waals surface area contributed by atoms with Crippen LogP contribution in [0, 0.1) is 6.92 Å². The van der Waals surface area contributed by atoms with E-state index in [9.17, 15) is 0 Å². The van der Waals surface area contributed by atoms with E-state index in [4.69, 9.17) is 4.74 Å². The van der Waals surface area contributed by atoms with Gasteiger partial charge in [-0.2, -0.15) is 0 Å². The molecule has 0 radical (unpaired) electrons. The van der Waals surface area contributed by atoms with Gasteiger partial charge in [-0.15, -0.1) is 11.3 Å². The zero-order valence-corrected chi connectivity index (χ0v) is 10.1. The second-order valence-corrected chi connectivity index (χ2v) is 5.46. The molecule has 2 rings (SSSR count). The topological polar surface area (TPSA) is 34.2 Å². The number of hydrogen-bond acceptors (Lipinski definition) is 4. The third-order valence-corrected chi connectivity index (χ3v) is 3.55. The molecule has 2 atom stereocenters. The van der Waals surface area contributed by atoms with Crippen molar-refractivity contribution in [1.29, 1.82) is 0 Å². The molecule has 2 unspecified atom stereocenters. The Morgan fingerprint density at radius 2 is 2.47 bits per heavy atom. The summed E-state index contributed by atoms with van der Waals surface area (Å²) in [4.78, 5) is 5.59. The van der Waals surface area contributed by atoms with Crippen LogP contribution in [0.1, 0.15) is 29.7 Å². The predicted molar refractivity (Wildman–Crippen MR) is 62.1 cm³/mol. The number of rotatable bonds is 4. The smallest absolute Gasteiger partial charge is 0.107 e. The second-order valence-electron chi connectivity index (χ2n) is 4.14. The number of hydrogen-bond donors (Lipinski definition) is 1. The lowest BCUT2D eigenvalue weighted by Crippen LogP contribution is -2.26. The van der Waals surface area contributed by atoms with Crippen LogP contribution in [-0.4, -0.2) is 23.7 Å². The number of thiazole rings is 1. The minimum absolute atomic E-state index is 0.404. The number of ether oxygens (including phenoxy) is 1. The van der Waals surface area contributed by atoms with Crippen LogP contribution in [-0.2, 0) is 11.3 Å². The van der Waals surface area contributed by atoms with Crippen LogP contribution in [0.5, 0.6) is 0 Å². The van der Waals surface area contributed by atoms with Crippen LogP contribution in [0.15, 0.2) is 6.20 Å². The Hall–Kier alpha value is -0.450. The predicted octanol–water partition coefficient (Wildman–Crippen LogP) is 2.11. The van der Waals surface area contributed by atoms with Crippen molar-refractivity contribution in [3.63, 3.8) is 0 Å². The highest BCUT2D eigenvalue weighted by molar-refractivity contribution is 7.11. The van der Waals surface area contributed by atoms with Crippen LogP contribution in [0.2, 0.25) is 0 Å². The van der Waals surface area contributed by atoms with Gasteiger partial charge in [-0.1, -0.05) is 0 Å². The number of aryl methyl sites for hydroxylation is 1. The molecule has 1 aromatic heterocycles. The van der Waals surface area contributed by atoms with E-state index in [2.05, 4.69) is 24.1 Å². The lowest BCUT2D eigenvalue weighted by Gasteiger charge is -2.11. The SMILES string of the molecule is Cc1cnc(CNCC2CCC(C)O2)s1. The molecule has 0 aliphatic carbocycles. The fraction of sp³-hybridized carbons (Fsp3) is 0.727. The first kappa shape index (κ1) is 11.0. The maximum absolute atomic E-state index is 5.72. The molecular formula is C11H18N2OS. The molecule has 0 saturated carbocycles. The molecular weight excluding hydrogens is 208 g/mol. The van der Waals surface area contributed by atoms with Crippen LogP contribution < -0.4 is 5.32 Å². The van der Waals surface area contributed by atoms with Crippen molar-refractivity contribution in [2.75, 3.05) is 6.54 Å². The van der Waals surface area contributed by atoms with Gasteiger partial charge in [0.2, 0.25) is 0 Å². The van der Waals surface area contributed by atoms with Gasteiger partial charge in [-0.25, -0.2) is 4.98 Å². The quantitative estimate of drug-likeness (QED) is 0.854. The van der Waals surface area contributed by atoms with Crippen molar-refractivity contribution in [1.82, 2.24) is 10.3 Å². The fourth-order valence-corrected chi connectivity index (χ4v) is 2.62. The van der Waals surface area contributed by atoms with Gasteiger partial charge in [0.25, 0.3) is 0 Å².